The van der Waals surface area contributed by atoms with Crippen LogP contribution >= 0.6 is 0 Å². The number of hydrogen-bond acceptors (Lipinski definition) is 1. The molecule has 1 amide bonds. The largest absolute Gasteiger partial charge is 0.325 e. The Kier molecular flexibility index (Phi) is 2.06. The molecular weight excluding hydrogens is 174 g/mol. The number of carbonyl (C=O) groups is 1. The first-order valence-electron chi connectivity index (χ1n) is 4.99. The molecule has 0 atom stereocenters. The lowest BCUT2D eigenvalue weighted by atomic mass is 9.87. The quantitative estimate of drug-likeness (QED) is 0.667. The van der Waals surface area contributed by atoms with E-state index in [0.29, 0.717) is 0 Å². The standard InChI is InChI=1S/C12H15NO/c1-12(2)8-7-9-5-3-4-6-10(9)13-11(12)14/h3-6H,7-8H2,1-2H3,(H,13,14). The molecule has 74 valence electrons. The monoisotopic (exact) mass is 189 g/mol. The van der Waals surface area contributed by atoms with Gasteiger partial charge in [0, 0.05) is 11.1 Å². The highest BCUT2D eigenvalue weighted by molar-refractivity contribution is 5.96. The van der Waals surface area contributed by atoms with Crippen molar-refractivity contribution >= 4 is 11.6 Å². The van der Waals surface area contributed by atoms with Gasteiger partial charge in [0.05, 0.1) is 0 Å². The molecule has 1 aromatic rings. The minimum absolute atomic E-state index is 0.127. The summed E-state index contributed by atoms with van der Waals surface area (Å²) in [6.45, 7) is 3.99. The van der Waals surface area contributed by atoms with E-state index in [2.05, 4.69) is 11.4 Å². The van der Waals surface area contributed by atoms with Gasteiger partial charge in [-0.2, -0.15) is 0 Å². The number of fused-ring (bicyclic) bond motifs is 1. The maximum Gasteiger partial charge on any atom is 0.230 e. The van der Waals surface area contributed by atoms with Crippen molar-refractivity contribution in [3.63, 3.8) is 0 Å². The van der Waals surface area contributed by atoms with Gasteiger partial charge in [-0.05, 0) is 24.5 Å². The van der Waals surface area contributed by atoms with Crippen molar-refractivity contribution in [1.82, 2.24) is 0 Å². The van der Waals surface area contributed by atoms with Crippen LogP contribution < -0.4 is 5.32 Å². The van der Waals surface area contributed by atoms with Crippen LogP contribution in [0.3, 0.4) is 0 Å². The fourth-order valence-corrected chi connectivity index (χ4v) is 1.71. The van der Waals surface area contributed by atoms with Crippen molar-refractivity contribution < 1.29 is 4.79 Å². The summed E-state index contributed by atoms with van der Waals surface area (Å²) in [4.78, 5) is 11.8. The number of aryl methyl sites for hydroxylation is 1. The molecule has 0 fully saturated rings. The zero-order valence-corrected chi connectivity index (χ0v) is 8.63. The smallest absolute Gasteiger partial charge is 0.230 e. The first-order valence-corrected chi connectivity index (χ1v) is 4.99. The lowest BCUT2D eigenvalue weighted by molar-refractivity contribution is -0.124. The number of para-hydroxylation sites is 1. The minimum Gasteiger partial charge on any atom is -0.325 e. The zero-order valence-electron chi connectivity index (χ0n) is 8.63. The summed E-state index contributed by atoms with van der Waals surface area (Å²) in [5, 5.41) is 2.97. The summed E-state index contributed by atoms with van der Waals surface area (Å²) in [5.41, 5.74) is 1.97. The zero-order chi connectivity index (χ0) is 10.2. The highest BCUT2D eigenvalue weighted by Crippen LogP contribution is 2.31. The molecule has 1 aromatic carbocycles. The number of nitrogens with one attached hydrogen (secondary N) is 1. The predicted octanol–water partition coefficient (Wildman–Crippen LogP) is 2.60. The molecule has 1 heterocycles. The number of amides is 1. The van der Waals surface area contributed by atoms with Crippen LogP contribution in [0.15, 0.2) is 24.3 Å². The van der Waals surface area contributed by atoms with Crippen LogP contribution in [-0.4, -0.2) is 5.91 Å². The van der Waals surface area contributed by atoms with E-state index in [-0.39, 0.29) is 11.3 Å². The first-order chi connectivity index (χ1) is 6.59. The molecule has 0 saturated heterocycles. The molecular formula is C12H15NO. The summed E-state index contributed by atoms with van der Waals surface area (Å²) < 4.78 is 0. The molecule has 2 heteroatoms. The first kappa shape index (κ1) is 9.25. The predicted molar refractivity (Wildman–Crippen MR) is 57.2 cm³/mol. The molecule has 0 bridgehead atoms. The van der Waals surface area contributed by atoms with Crippen molar-refractivity contribution in [2.45, 2.75) is 26.7 Å². The molecule has 0 unspecified atom stereocenters. The van der Waals surface area contributed by atoms with Gasteiger partial charge in [0.1, 0.15) is 0 Å². The van der Waals surface area contributed by atoms with Crippen LogP contribution in [0, 0.1) is 5.41 Å². The SMILES string of the molecule is CC1(C)CCc2ccccc2NC1=O. The average Bonchev–Trinajstić information content (AvgIpc) is 2.26. The Labute approximate surface area is 84.3 Å². The van der Waals surface area contributed by atoms with Crippen molar-refractivity contribution in [2.24, 2.45) is 5.41 Å². The van der Waals surface area contributed by atoms with Crippen LogP contribution in [0.4, 0.5) is 5.69 Å². The van der Waals surface area contributed by atoms with Crippen molar-refractivity contribution in [2.75, 3.05) is 5.32 Å². The molecule has 0 radical (unpaired) electrons. The van der Waals surface area contributed by atoms with Crippen LogP contribution in [0.5, 0.6) is 0 Å². The topological polar surface area (TPSA) is 29.1 Å². The van der Waals surface area contributed by atoms with E-state index in [4.69, 9.17) is 0 Å². The van der Waals surface area contributed by atoms with E-state index in [1.54, 1.807) is 0 Å². The van der Waals surface area contributed by atoms with E-state index in [9.17, 15) is 4.79 Å². The lowest BCUT2D eigenvalue weighted by Crippen LogP contribution is -2.29. The third-order valence-electron chi connectivity index (χ3n) is 2.90. The number of hydrogen-bond donors (Lipinski definition) is 1. The Morgan fingerprint density at radius 1 is 1.29 bits per heavy atom. The number of benzene rings is 1. The molecule has 2 nitrogen and oxygen atoms in total. The fourth-order valence-electron chi connectivity index (χ4n) is 1.71. The van der Waals surface area contributed by atoms with E-state index in [1.165, 1.54) is 5.56 Å². The van der Waals surface area contributed by atoms with Crippen LogP contribution in [0.25, 0.3) is 0 Å². The molecule has 2 rings (SSSR count). The number of anilines is 1. The molecule has 0 saturated carbocycles. The molecule has 0 aliphatic carbocycles. The maximum atomic E-state index is 11.8. The summed E-state index contributed by atoms with van der Waals surface area (Å²) in [6, 6.07) is 8.02. The third kappa shape index (κ3) is 1.52. The minimum atomic E-state index is -0.251. The highest BCUT2D eigenvalue weighted by atomic mass is 16.2. The van der Waals surface area contributed by atoms with Crippen molar-refractivity contribution in [1.29, 1.82) is 0 Å². The Bertz CT molecular complexity index is 368. The molecule has 0 aromatic heterocycles. The van der Waals surface area contributed by atoms with Gasteiger partial charge < -0.3 is 5.32 Å². The molecule has 1 aliphatic rings. The third-order valence-corrected chi connectivity index (χ3v) is 2.90. The van der Waals surface area contributed by atoms with Crippen LogP contribution in [0.1, 0.15) is 25.8 Å². The highest BCUT2D eigenvalue weighted by Gasteiger charge is 2.30. The van der Waals surface area contributed by atoms with Gasteiger partial charge >= 0.3 is 0 Å². The normalized spacial score (nSPS) is 19.4. The van der Waals surface area contributed by atoms with Gasteiger partial charge in [0.15, 0.2) is 0 Å². The Morgan fingerprint density at radius 2 is 2.00 bits per heavy atom. The Morgan fingerprint density at radius 3 is 2.79 bits per heavy atom. The van der Waals surface area contributed by atoms with Crippen molar-refractivity contribution in [3.8, 4) is 0 Å². The van der Waals surface area contributed by atoms with Gasteiger partial charge in [-0.3, -0.25) is 4.79 Å². The molecule has 1 N–H and O–H groups in total. The second-order valence-corrected chi connectivity index (χ2v) is 4.50. The van der Waals surface area contributed by atoms with Gasteiger partial charge in [-0.15, -0.1) is 0 Å². The summed E-state index contributed by atoms with van der Waals surface area (Å²) in [6.07, 6.45) is 1.89. The lowest BCUT2D eigenvalue weighted by Gasteiger charge is -2.19. The average molecular weight is 189 g/mol. The van der Waals surface area contributed by atoms with Crippen LogP contribution in [0.2, 0.25) is 0 Å². The van der Waals surface area contributed by atoms with Gasteiger partial charge in [0.25, 0.3) is 0 Å². The van der Waals surface area contributed by atoms with Gasteiger partial charge in [-0.25, -0.2) is 0 Å². The Hall–Kier alpha value is -1.31. The maximum absolute atomic E-state index is 11.8. The van der Waals surface area contributed by atoms with E-state index in [1.807, 2.05) is 32.0 Å². The summed E-state index contributed by atoms with van der Waals surface area (Å²) in [7, 11) is 0. The van der Waals surface area contributed by atoms with E-state index >= 15 is 0 Å². The Balaban J connectivity index is 2.38. The van der Waals surface area contributed by atoms with Gasteiger partial charge in [-0.1, -0.05) is 32.0 Å². The number of carbonyl (C=O) groups excluding carboxylic acids is 1. The van der Waals surface area contributed by atoms with Crippen molar-refractivity contribution in [3.05, 3.63) is 29.8 Å². The number of rotatable bonds is 0. The van der Waals surface area contributed by atoms with Gasteiger partial charge in [0.2, 0.25) is 5.91 Å². The second kappa shape index (κ2) is 3.12. The van der Waals surface area contributed by atoms with Crippen LogP contribution in [-0.2, 0) is 11.2 Å². The second-order valence-electron chi connectivity index (χ2n) is 4.50. The van der Waals surface area contributed by atoms with E-state index in [0.717, 1.165) is 18.5 Å². The summed E-state index contributed by atoms with van der Waals surface area (Å²) >= 11 is 0. The summed E-state index contributed by atoms with van der Waals surface area (Å²) in [5.74, 6) is 0.127. The molecule has 1 aliphatic heterocycles. The fraction of sp³-hybridized carbons (Fsp3) is 0.417. The molecule has 0 spiro atoms. The molecule has 14 heavy (non-hydrogen) atoms. The van der Waals surface area contributed by atoms with E-state index < -0.39 is 0 Å².